The summed E-state index contributed by atoms with van der Waals surface area (Å²) >= 11 is 3.23. The Morgan fingerprint density at radius 2 is 2.05 bits per heavy atom. The molecule has 0 radical (unpaired) electrons. The van der Waals surface area contributed by atoms with E-state index in [9.17, 15) is 9.50 Å². The van der Waals surface area contributed by atoms with E-state index >= 15 is 0 Å². The van der Waals surface area contributed by atoms with Crippen LogP contribution >= 0.6 is 15.9 Å². The van der Waals surface area contributed by atoms with Crippen LogP contribution in [0.4, 0.5) is 4.39 Å². The van der Waals surface area contributed by atoms with Gasteiger partial charge in [0.15, 0.2) is 0 Å². The topological polar surface area (TPSA) is 38.7 Å². The average molecular weight is 353 g/mol. The van der Waals surface area contributed by atoms with E-state index in [0.29, 0.717) is 33.5 Å². The maximum atomic E-state index is 14.0. The van der Waals surface area contributed by atoms with Gasteiger partial charge in [0.2, 0.25) is 0 Å². The molecule has 0 saturated heterocycles. The summed E-state index contributed by atoms with van der Waals surface area (Å²) in [6.45, 7) is 0. The fraction of sp³-hybridized carbons (Fsp3) is 0.250. The van der Waals surface area contributed by atoms with Crippen LogP contribution in [0.25, 0.3) is 0 Å². The van der Waals surface area contributed by atoms with Crippen molar-refractivity contribution in [1.82, 2.24) is 0 Å². The number of aliphatic hydroxyl groups is 1. The van der Waals surface area contributed by atoms with E-state index in [1.165, 1.54) is 6.07 Å². The second kappa shape index (κ2) is 5.66. The summed E-state index contributed by atoms with van der Waals surface area (Å²) in [5.74, 6) is 0.866. The molecule has 2 aromatic carbocycles. The number of benzene rings is 2. The minimum Gasteiger partial charge on any atom is -0.497 e. The van der Waals surface area contributed by atoms with Crippen molar-refractivity contribution < 1.29 is 19.0 Å². The number of methoxy groups -OCH3 is 1. The summed E-state index contributed by atoms with van der Waals surface area (Å²) < 4.78 is 25.7. The number of hydrogen-bond donors (Lipinski definition) is 1. The molecule has 21 heavy (non-hydrogen) atoms. The van der Waals surface area contributed by atoms with Gasteiger partial charge in [-0.05, 0) is 30.3 Å². The third kappa shape index (κ3) is 2.76. The zero-order chi connectivity index (χ0) is 15.0. The monoisotopic (exact) mass is 352 g/mol. The molecule has 0 aromatic heterocycles. The Morgan fingerprint density at radius 1 is 1.24 bits per heavy atom. The fourth-order valence-corrected chi connectivity index (χ4v) is 2.84. The highest BCUT2D eigenvalue weighted by Crippen LogP contribution is 2.42. The lowest BCUT2D eigenvalue weighted by Gasteiger charge is -2.30. The van der Waals surface area contributed by atoms with Crippen LogP contribution < -0.4 is 9.47 Å². The summed E-state index contributed by atoms with van der Waals surface area (Å²) in [6, 6.07) is 10.1. The summed E-state index contributed by atoms with van der Waals surface area (Å²) in [5.41, 5.74) is 1.11. The molecule has 0 spiro atoms. The zero-order valence-corrected chi connectivity index (χ0v) is 12.9. The van der Waals surface area contributed by atoms with Gasteiger partial charge >= 0.3 is 0 Å². The van der Waals surface area contributed by atoms with E-state index in [4.69, 9.17) is 9.47 Å². The van der Waals surface area contributed by atoms with Gasteiger partial charge in [-0.2, -0.15) is 0 Å². The molecule has 1 heterocycles. The fourth-order valence-electron chi connectivity index (χ4n) is 2.51. The normalized spacial score (nSPS) is 20.6. The lowest BCUT2D eigenvalue weighted by atomic mass is 9.94. The van der Waals surface area contributed by atoms with Gasteiger partial charge < -0.3 is 14.6 Å². The number of ether oxygens (including phenoxy) is 2. The van der Waals surface area contributed by atoms with Gasteiger partial charge in [-0.1, -0.05) is 22.0 Å². The van der Waals surface area contributed by atoms with Crippen LogP contribution in [0, 0.1) is 5.82 Å². The van der Waals surface area contributed by atoms with Gasteiger partial charge in [0.25, 0.3) is 0 Å². The molecule has 5 heteroatoms. The van der Waals surface area contributed by atoms with Crippen LogP contribution in [-0.2, 0) is 0 Å². The second-order valence-corrected chi connectivity index (χ2v) is 5.84. The highest BCUT2D eigenvalue weighted by Gasteiger charge is 2.30. The first-order valence-corrected chi connectivity index (χ1v) is 7.35. The van der Waals surface area contributed by atoms with E-state index in [1.54, 1.807) is 37.4 Å². The van der Waals surface area contributed by atoms with Crippen LogP contribution in [-0.4, -0.2) is 12.2 Å². The van der Waals surface area contributed by atoms with Crippen molar-refractivity contribution >= 4 is 15.9 Å². The number of hydrogen-bond acceptors (Lipinski definition) is 3. The van der Waals surface area contributed by atoms with E-state index in [2.05, 4.69) is 15.9 Å². The maximum Gasteiger partial charge on any atom is 0.131 e. The summed E-state index contributed by atoms with van der Waals surface area (Å²) in [6.07, 6.45) is -0.912. The van der Waals surface area contributed by atoms with E-state index < -0.39 is 12.2 Å². The average Bonchev–Trinajstić information content (AvgIpc) is 2.47. The highest BCUT2D eigenvalue weighted by molar-refractivity contribution is 9.10. The standard InChI is InChI=1S/C16H14BrFO3/c1-20-10-3-5-15-12(7-10)14(19)8-16(21-15)11-4-2-9(17)6-13(11)18/h2-7,14,16,19H,8H2,1H3. The van der Waals surface area contributed by atoms with E-state index in [1.807, 2.05) is 0 Å². The molecule has 3 rings (SSSR count). The van der Waals surface area contributed by atoms with Crippen molar-refractivity contribution in [3.05, 3.63) is 57.8 Å². The lowest BCUT2D eigenvalue weighted by molar-refractivity contribution is 0.0637. The Bertz CT molecular complexity index is 675. The van der Waals surface area contributed by atoms with Crippen molar-refractivity contribution in [2.75, 3.05) is 7.11 Å². The van der Waals surface area contributed by atoms with Crippen LogP contribution in [0.3, 0.4) is 0 Å². The quantitative estimate of drug-likeness (QED) is 0.882. The molecule has 0 aliphatic carbocycles. The molecule has 1 N–H and O–H groups in total. The first kappa shape index (κ1) is 14.4. The van der Waals surface area contributed by atoms with Crippen molar-refractivity contribution in [1.29, 1.82) is 0 Å². The molecular weight excluding hydrogens is 339 g/mol. The van der Waals surface area contributed by atoms with Crippen LogP contribution in [0.15, 0.2) is 40.9 Å². The number of halogens is 2. The Labute approximate surface area is 130 Å². The van der Waals surface area contributed by atoms with Crippen molar-refractivity contribution in [2.24, 2.45) is 0 Å². The van der Waals surface area contributed by atoms with Gasteiger partial charge in [0.1, 0.15) is 23.4 Å². The molecule has 0 fully saturated rings. The predicted molar refractivity (Wildman–Crippen MR) is 80.0 cm³/mol. The third-order valence-electron chi connectivity index (χ3n) is 3.59. The van der Waals surface area contributed by atoms with Crippen LogP contribution in [0.2, 0.25) is 0 Å². The minimum absolute atomic E-state index is 0.304. The molecule has 1 aliphatic rings. The first-order valence-electron chi connectivity index (χ1n) is 6.56. The highest BCUT2D eigenvalue weighted by atomic mass is 79.9. The summed E-state index contributed by atoms with van der Waals surface area (Å²) in [5, 5.41) is 10.3. The Morgan fingerprint density at radius 3 is 2.76 bits per heavy atom. The van der Waals surface area contributed by atoms with Gasteiger partial charge in [-0.25, -0.2) is 4.39 Å². The maximum absolute atomic E-state index is 14.0. The molecule has 2 aromatic rings. The summed E-state index contributed by atoms with van der Waals surface area (Å²) in [4.78, 5) is 0. The van der Waals surface area contributed by atoms with Crippen molar-refractivity contribution in [3.63, 3.8) is 0 Å². The van der Waals surface area contributed by atoms with E-state index in [-0.39, 0.29) is 5.82 Å². The van der Waals surface area contributed by atoms with Crippen LogP contribution in [0.5, 0.6) is 11.5 Å². The lowest BCUT2D eigenvalue weighted by Crippen LogP contribution is -2.20. The second-order valence-electron chi connectivity index (χ2n) is 4.93. The van der Waals surface area contributed by atoms with E-state index in [0.717, 1.165) is 0 Å². The van der Waals surface area contributed by atoms with Crippen molar-refractivity contribution in [2.45, 2.75) is 18.6 Å². The first-order chi connectivity index (χ1) is 10.1. The Kier molecular flexibility index (Phi) is 3.87. The zero-order valence-electron chi connectivity index (χ0n) is 11.3. The Hall–Kier alpha value is -1.59. The van der Waals surface area contributed by atoms with Gasteiger partial charge in [-0.15, -0.1) is 0 Å². The summed E-state index contributed by atoms with van der Waals surface area (Å²) in [7, 11) is 1.57. The molecule has 2 atom stereocenters. The molecule has 1 aliphatic heterocycles. The molecule has 3 nitrogen and oxygen atoms in total. The molecule has 2 unspecified atom stereocenters. The van der Waals surface area contributed by atoms with Gasteiger partial charge in [-0.3, -0.25) is 0 Å². The van der Waals surface area contributed by atoms with Gasteiger partial charge in [0.05, 0.1) is 13.2 Å². The van der Waals surface area contributed by atoms with Gasteiger partial charge in [0, 0.05) is 22.0 Å². The van der Waals surface area contributed by atoms with Crippen molar-refractivity contribution in [3.8, 4) is 11.5 Å². The predicted octanol–water partition coefficient (Wildman–Crippen LogP) is 4.15. The molecule has 0 amide bonds. The minimum atomic E-state index is -0.711. The Balaban J connectivity index is 1.94. The number of aliphatic hydroxyl groups excluding tert-OH is 1. The SMILES string of the molecule is COc1ccc2c(c1)C(O)CC(c1ccc(Br)cc1F)O2. The smallest absolute Gasteiger partial charge is 0.131 e. The number of rotatable bonds is 2. The van der Waals surface area contributed by atoms with Crippen LogP contribution in [0.1, 0.15) is 29.8 Å². The number of fused-ring (bicyclic) bond motifs is 1. The molecular formula is C16H14BrFO3. The molecule has 0 bridgehead atoms. The molecule has 110 valence electrons. The molecule has 0 saturated carbocycles. The largest absolute Gasteiger partial charge is 0.497 e. The third-order valence-corrected chi connectivity index (χ3v) is 4.09.